The predicted octanol–water partition coefficient (Wildman–Crippen LogP) is 5.70. The first-order chi connectivity index (χ1) is 15.9. The quantitative estimate of drug-likeness (QED) is 0.188. The van der Waals surface area contributed by atoms with Crippen molar-refractivity contribution in [1.82, 2.24) is 19.1 Å². The van der Waals surface area contributed by atoms with E-state index in [1.54, 1.807) is 34.4 Å². The Labute approximate surface area is 202 Å². The summed E-state index contributed by atoms with van der Waals surface area (Å²) in [5, 5.41) is 5.76. The fourth-order valence-electron chi connectivity index (χ4n) is 3.96. The van der Waals surface area contributed by atoms with Crippen molar-refractivity contribution in [3.05, 3.63) is 52.0 Å². The molecule has 0 aliphatic carbocycles. The van der Waals surface area contributed by atoms with Gasteiger partial charge in [-0.2, -0.15) is 9.47 Å². The molecule has 0 spiro atoms. The Bertz CT molecular complexity index is 1390. The van der Waals surface area contributed by atoms with Crippen molar-refractivity contribution in [3.63, 3.8) is 0 Å². The molecule has 0 saturated carbocycles. The highest BCUT2D eigenvalue weighted by Gasteiger charge is 2.25. The van der Waals surface area contributed by atoms with Crippen LogP contribution in [0.15, 0.2) is 40.1 Å². The summed E-state index contributed by atoms with van der Waals surface area (Å²) < 4.78 is 27.9. The second-order valence-corrected chi connectivity index (χ2v) is 9.80. The van der Waals surface area contributed by atoms with Gasteiger partial charge in [0.2, 0.25) is 0 Å². The van der Waals surface area contributed by atoms with Crippen LogP contribution in [0.1, 0.15) is 41.4 Å². The molecule has 1 saturated heterocycles. The third kappa shape index (κ3) is 4.07. The minimum absolute atomic E-state index is 0.159. The zero-order valence-corrected chi connectivity index (χ0v) is 20.5. The summed E-state index contributed by atoms with van der Waals surface area (Å²) in [4.78, 5) is 20.2. The summed E-state index contributed by atoms with van der Waals surface area (Å²) in [5.41, 5.74) is 1.47. The average molecular weight is 530 g/mol. The second kappa shape index (κ2) is 8.92. The molecular formula is C23H21BrFN5O2S. The highest BCUT2D eigenvalue weighted by atomic mass is 79.9. The molecule has 10 heteroatoms. The molecule has 7 nitrogen and oxygen atoms in total. The van der Waals surface area contributed by atoms with E-state index in [1.807, 2.05) is 14.1 Å². The molecule has 1 atom stereocenters. The molecule has 5 rings (SSSR count). The van der Waals surface area contributed by atoms with Crippen molar-refractivity contribution in [2.45, 2.75) is 25.5 Å². The van der Waals surface area contributed by atoms with Crippen molar-refractivity contribution in [1.29, 1.82) is 0 Å². The summed E-state index contributed by atoms with van der Waals surface area (Å²) in [6.45, 7) is 0.644. The lowest BCUT2D eigenvalue weighted by atomic mass is 9.98. The number of carbonyl (C=O) groups is 1. The van der Waals surface area contributed by atoms with Gasteiger partial charge in [0.05, 0.1) is 22.3 Å². The van der Waals surface area contributed by atoms with Gasteiger partial charge in [0.15, 0.2) is 11.6 Å². The lowest BCUT2D eigenvalue weighted by Gasteiger charge is -2.22. The van der Waals surface area contributed by atoms with Crippen molar-refractivity contribution in [2.75, 3.05) is 20.7 Å². The summed E-state index contributed by atoms with van der Waals surface area (Å²) in [6, 6.07) is 4.56. The van der Waals surface area contributed by atoms with Crippen LogP contribution in [0.25, 0.3) is 21.0 Å². The maximum atomic E-state index is 14.7. The normalized spacial score (nSPS) is 16.8. The van der Waals surface area contributed by atoms with Gasteiger partial charge in [0.1, 0.15) is 11.7 Å². The molecule has 0 N–H and O–H groups in total. The Balaban J connectivity index is 1.67. The Kier molecular flexibility index (Phi) is 5.98. The zero-order chi connectivity index (χ0) is 23.1. The number of fused-ring (bicyclic) bond motifs is 2. The van der Waals surface area contributed by atoms with Gasteiger partial charge in [0, 0.05) is 53.9 Å². The molecular weight excluding hydrogens is 509 g/mol. The number of benzene rings is 2. The van der Waals surface area contributed by atoms with E-state index in [0.717, 1.165) is 33.8 Å². The standard InChI is InChI=1S/C23H21BrFN5O2S/c1-29(2)12-26-21-14(9-17(24)15-10-27-33-23(15)21)22(31)13-6-7-18(25)20-16(13)11-30(28-20)19-5-3-4-8-32-19/h6-7,9-12,19H,3-5,8H2,1-2H3. The Morgan fingerprint density at radius 3 is 2.94 bits per heavy atom. The monoisotopic (exact) mass is 529 g/mol. The SMILES string of the molecule is CN(C)C=Nc1c(C(=O)c2ccc(F)c3nn(C4CCCCO4)cc23)cc(Br)c2cnsc12. The van der Waals surface area contributed by atoms with Gasteiger partial charge in [-0.05, 0) is 49.0 Å². The molecule has 0 radical (unpaired) electrons. The van der Waals surface area contributed by atoms with Crippen LogP contribution >= 0.6 is 27.5 Å². The van der Waals surface area contributed by atoms with E-state index in [1.165, 1.54) is 23.7 Å². The lowest BCUT2D eigenvalue weighted by molar-refractivity contribution is -0.0391. The van der Waals surface area contributed by atoms with E-state index in [9.17, 15) is 9.18 Å². The van der Waals surface area contributed by atoms with Crippen molar-refractivity contribution in [2.24, 2.45) is 4.99 Å². The highest BCUT2D eigenvalue weighted by molar-refractivity contribution is 9.10. The maximum Gasteiger partial charge on any atom is 0.196 e. The molecule has 0 amide bonds. The fraction of sp³-hybridized carbons (Fsp3) is 0.304. The molecule has 0 bridgehead atoms. The number of halogens is 2. The lowest BCUT2D eigenvalue weighted by Crippen LogP contribution is -2.18. The fourth-order valence-corrected chi connectivity index (χ4v) is 5.40. The topological polar surface area (TPSA) is 72.6 Å². The Morgan fingerprint density at radius 2 is 2.18 bits per heavy atom. The van der Waals surface area contributed by atoms with Gasteiger partial charge in [-0.25, -0.2) is 14.1 Å². The molecule has 2 aromatic heterocycles. The third-order valence-corrected chi connectivity index (χ3v) is 7.03. The molecule has 4 aromatic rings. The largest absolute Gasteiger partial charge is 0.369 e. The van der Waals surface area contributed by atoms with Crippen LogP contribution in [0.5, 0.6) is 0 Å². The van der Waals surface area contributed by atoms with Crippen LogP contribution in [0.3, 0.4) is 0 Å². The number of hydrogen-bond acceptors (Lipinski definition) is 6. The van der Waals surface area contributed by atoms with Gasteiger partial charge < -0.3 is 9.64 Å². The van der Waals surface area contributed by atoms with Crippen LogP contribution in [0.2, 0.25) is 0 Å². The smallest absolute Gasteiger partial charge is 0.196 e. The summed E-state index contributed by atoms with van der Waals surface area (Å²) in [6.07, 6.45) is 7.68. The highest BCUT2D eigenvalue weighted by Crippen LogP contribution is 2.39. The molecule has 1 aliphatic heterocycles. The van der Waals surface area contributed by atoms with Crippen LogP contribution in [-0.4, -0.2) is 51.9 Å². The molecule has 1 aliphatic rings. The first-order valence-corrected chi connectivity index (χ1v) is 12.1. The molecule has 2 aromatic carbocycles. The number of aliphatic imine (C=N–C) groups is 1. The summed E-state index contributed by atoms with van der Waals surface area (Å²) in [5.74, 6) is -0.730. The van der Waals surface area contributed by atoms with Crippen LogP contribution in [0.4, 0.5) is 10.1 Å². The van der Waals surface area contributed by atoms with Crippen molar-refractivity contribution < 1.29 is 13.9 Å². The van der Waals surface area contributed by atoms with E-state index >= 15 is 0 Å². The van der Waals surface area contributed by atoms with Gasteiger partial charge in [-0.3, -0.25) is 4.79 Å². The Morgan fingerprint density at radius 1 is 1.33 bits per heavy atom. The number of rotatable bonds is 5. The van der Waals surface area contributed by atoms with Gasteiger partial charge in [0.25, 0.3) is 0 Å². The van der Waals surface area contributed by atoms with Crippen LogP contribution in [0, 0.1) is 5.82 Å². The van der Waals surface area contributed by atoms with E-state index in [0.29, 0.717) is 28.8 Å². The number of carbonyl (C=O) groups excluding carboxylic acids is 1. The predicted molar refractivity (Wildman–Crippen MR) is 131 cm³/mol. The first-order valence-electron chi connectivity index (χ1n) is 10.5. The molecule has 170 valence electrons. The molecule has 1 unspecified atom stereocenters. The number of aromatic nitrogens is 3. The average Bonchev–Trinajstić information content (AvgIpc) is 3.47. The number of hydrogen-bond donors (Lipinski definition) is 0. The van der Waals surface area contributed by atoms with Crippen LogP contribution < -0.4 is 0 Å². The van der Waals surface area contributed by atoms with E-state index in [2.05, 4.69) is 30.4 Å². The minimum Gasteiger partial charge on any atom is -0.369 e. The zero-order valence-electron chi connectivity index (χ0n) is 18.1. The molecule has 3 heterocycles. The van der Waals surface area contributed by atoms with E-state index in [-0.39, 0.29) is 17.5 Å². The van der Waals surface area contributed by atoms with Crippen molar-refractivity contribution in [3.8, 4) is 0 Å². The Hall–Kier alpha value is -2.69. The summed E-state index contributed by atoms with van der Waals surface area (Å²) in [7, 11) is 3.72. The van der Waals surface area contributed by atoms with Crippen LogP contribution in [-0.2, 0) is 4.74 Å². The second-order valence-electron chi connectivity index (χ2n) is 8.15. The molecule has 33 heavy (non-hydrogen) atoms. The number of ketones is 1. The minimum atomic E-state index is -0.471. The number of ether oxygens (including phenoxy) is 1. The van der Waals surface area contributed by atoms with Gasteiger partial charge >= 0.3 is 0 Å². The van der Waals surface area contributed by atoms with E-state index < -0.39 is 5.82 Å². The maximum absolute atomic E-state index is 14.7. The van der Waals surface area contributed by atoms with Crippen molar-refractivity contribution >= 4 is 66.3 Å². The third-order valence-electron chi connectivity index (χ3n) is 5.57. The van der Waals surface area contributed by atoms with Gasteiger partial charge in [-0.15, -0.1) is 0 Å². The summed E-state index contributed by atoms with van der Waals surface area (Å²) >= 11 is 4.84. The van der Waals surface area contributed by atoms with Gasteiger partial charge in [-0.1, -0.05) is 15.9 Å². The molecule has 1 fully saturated rings. The first kappa shape index (κ1) is 22.1. The number of nitrogens with zero attached hydrogens (tertiary/aromatic N) is 5. The van der Waals surface area contributed by atoms with E-state index in [4.69, 9.17) is 4.74 Å².